The molecule has 642 valence electrons. The molecular formula is C92H110F6N10O10S2. The molecule has 1 fully saturated rings. The number of thioether (sulfide) groups is 1. The molecule has 1 aromatic heterocycles. The molecule has 0 unspecified atom stereocenters. The Morgan fingerprint density at radius 1 is 0.558 bits per heavy atom. The smallest absolute Gasteiger partial charge is 0.417 e. The maximum atomic E-state index is 13.1. The van der Waals surface area contributed by atoms with E-state index in [2.05, 4.69) is 44.8 Å². The predicted octanol–water partition coefficient (Wildman–Crippen LogP) is 15.5. The van der Waals surface area contributed by atoms with Crippen molar-refractivity contribution >= 4 is 68.0 Å². The van der Waals surface area contributed by atoms with Gasteiger partial charge < -0.3 is 64.6 Å². The van der Waals surface area contributed by atoms with Crippen LogP contribution >= 0.6 is 11.8 Å². The first kappa shape index (κ1) is 94.6. The van der Waals surface area contributed by atoms with Crippen molar-refractivity contribution < 1.29 is 73.6 Å². The number of aromatic hydroxyl groups is 1. The van der Waals surface area contributed by atoms with Gasteiger partial charge in [0.05, 0.1) is 37.0 Å². The van der Waals surface area contributed by atoms with E-state index in [1.165, 1.54) is 59.2 Å². The van der Waals surface area contributed by atoms with Crippen LogP contribution < -0.4 is 34.8 Å². The molecule has 9 aromatic rings. The van der Waals surface area contributed by atoms with Crippen LogP contribution in [-0.2, 0) is 67.9 Å². The van der Waals surface area contributed by atoms with E-state index in [-0.39, 0.29) is 71.1 Å². The molecule has 0 saturated carbocycles. The van der Waals surface area contributed by atoms with Crippen molar-refractivity contribution in [1.82, 2.24) is 35.2 Å². The Balaban J connectivity index is 0.000000202. The normalized spacial score (nSPS) is 12.6. The number of methoxy groups -OCH3 is 2. The standard InChI is InChI=1S/C29H33F4N5O.C23H28N2O2S.C21H27FN2O3.C19H22FNO4S/c1-36(28(39)7-4-14-34-19-22-8-11-25(30)12-9-22)21-23-5-2-3-6-26(23)37-15-17-38(18-16-37)27-13-10-24(20-35-27)29(31,32)33;1-25(23(27)7-4-16-28-21-10-8-20(26)9-11-21)17-19-5-2-3-6-22(19)18-12-14-24-15-13-18;1-23(16-17-6-3-4-7-20(17)27-2)21(26)8-5-13-24(14-15-25)19-11-9-18(22)10-12-19;1-21(14-15-6-3-4-7-18(15)25-2)19(22)8-5-13-26(23,24)17-11-9-16(20)10-12-17/h2-3,5-6,8-13,20,34H,4,7,14-19,21H2,1H3;2-3,5-6,8-12,24,26H,4,7,13-17H2,1H3;3-4,6-7,9-12,25H,5,8,13-16H2,1-2H3;3-4,6-7,9-12H,5,8,13-14H2,1-2H3. The van der Waals surface area contributed by atoms with Gasteiger partial charge in [-0.25, -0.2) is 26.6 Å². The number of carbonyl (C=O) groups excluding carboxylic acids is 4. The van der Waals surface area contributed by atoms with Gasteiger partial charge in [-0.1, -0.05) is 97.1 Å². The number of anilines is 3. The Morgan fingerprint density at radius 2 is 1.05 bits per heavy atom. The number of para-hydroxylation sites is 3. The lowest BCUT2D eigenvalue weighted by Gasteiger charge is -2.38. The first-order valence-electron chi connectivity index (χ1n) is 40.0. The minimum Gasteiger partial charge on any atom is -0.508 e. The lowest BCUT2D eigenvalue weighted by Crippen LogP contribution is -2.47. The average Bonchev–Trinajstić information content (AvgIpc) is 0.827. The number of ether oxygens (including phenoxy) is 2. The summed E-state index contributed by atoms with van der Waals surface area (Å²) in [7, 11) is 6.81. The lowest BCUT2D eigenvalue weighted by molar-refractivity contribution is -0.138. The van der Waals surface area contributed by atoms with Gasteiger partial charge in [-0.05, 0) is 194 Å². The quantitative estimate of drug-likeness (QED) is 0.0124. The zero-order valence-electron chi connectivity index (χ0n) is 69.0. The monoisotopic (exact) mass is 1690 g/mol. The van der Waals surface area contributed by atoms with Crippen LogP contribution in [0.1, 0.15) is 96.7 Å². The number of piperazine rings is 1. The van der Waals surface area contributed by atoms with E-state index >= 15 is 0 Å². The third-order valence-electron chi connectivity index (χ3n) is 20.1. The van der Waals surface area contributed by atoms with Gasteiger partial charge in [0.1, 0.15) is 40.5 Å². The minimum absolute atomic E-state index is 0.000965. The number of hydrogen-bond acceptors (Lipinski definition) is 17. The number of hydrogen-bond donors (Lipinski definition) is 4. The van der Waals surface area contributed by atoms with Crippen LogP contribution in [0.25, 0.3) is 5.57 Å². The van der Waals surface area contributed by atoms with Gasteiger partial charge in [0, 0.05) is 166 Å². The predicted molar refractivity (Wildman–Crippen MR) is 462 cm³/mol. The fourth-order valence-electron chi connectivity index (χ4n) is 13.4. The first-order chi connectivity index (χ1) is 57.7. The largest absolute Gasteiger partial charge is 0.508 e. The Kier molecular flexibility index (Phi) is 38.6. The van der Waals surface area contributed by atoms with Crippen molar-refractivity contribution in [3.8, 4) is 17.2 Å². The van der Waals surface area contributed by atoms with E-state index in [0.29, 0.717) is 122 Å². The number of aliphatic hydroxyl groups excluding tert-OH is 1. The molecular weight excluding hydrogens is 1580 g/mol. The number of benzene rings is 8. The molecule has 2 aliphatic heterocycles. The second-order valence-corrected chi connectivity index (χ2v) is 32.3. The van der Waals surface area contributed by atoms with Gasteiger partial charge in [0.25, 0.3) is 0 Å². The van der Waals surface area contributed by atoms with Crippen LogP contribution in [0, 0.1) is 17.5 Å². The van der Waals surface area contributed by atoms with Crippen LogP contribution in [-0.4, -0.2) is 186 Å². The Bertz CT molecular complexity index is 4800. The van der Waals surface area contributed by atoms with Gasteiger partial charge in [-0.3, -0.25) is 19.2 Å². The summed E-state index contributed by atoms with van der Waals surface area (Å²) in [5.41, 5.74) is 8.87. The molecule has 28 heteroatoms. The van der Waals surface area contributed by atoms with Crippen LogP contribution in [0.3, 0.4) is 0 Å². The van der Waals surface area contributed by atoms with E-state index in [9.17, 15) is 64.2 Å². The molecule has 0 bridgehead atoms. The summed E-state index contributed by atoms with van der Waals surface area (Å²) in [6.07, 6.45) is 3.65. The van der Waals surface area contributed by atoms with Gasteiger partial charge in [-0.15, -0.1) is 11.8 Å². The first-order valence-corrected chi connectivity index (χ1v) is 42.6. The van der Waals surface area contributed by atoms with Crippen molar-refractivity contribution in [3.05, 3.63) is 275 Å². The summed E-state index contributed by atoms with van der Waals surface area (Å²) in [4.78, 5) is 68.2. The fourth-order valence-corrected chi connectivity index (χ4v) is 15.6. The Morgan fingerprint density at radius 3 is 1.59 bits per heavy atom. The van der Waals surface area contributed by atoms with Gasteiger partial charge in [0.15, 0.2) is 9.84 Å². The summed E-state index contributed by atoms with van der Waals surface area (Å²) in [6.45, 7) is 8.93. The molecule has 0 atom stereocenters. The van der Waals surface area contributed by atoms with Gasteiger partial charge in [0.2, 0.25) is 23.6 Å². The topological polar surface area (TPSA) is 221 Å². The number of aromatic nitrogens is 1. The molecule has 0 radical (unpaired) electrons. The number of amides is 4. The van der Waals surface area contributed by atoms with E-state index < -0.39 is 27.4 Å². The molecule has 11 rings (SSSR count). The molecule has 8 aromatic carbocycles. The Hall–Kier alpha value is -10.9. The van der Waals surface area contributed by atoms with E-state index in [1.54, 1.807) is 98.2 Å². The highest BCUT2D eigenvalue weighted by Gasteiger charge is 2.32. The number of carbonyl (C=O) groups is 4. The van der Waals surface area contributed by atoms with Crippen molar-refractivity contribution in [2.75, 3.05) is 134 Å². The molecule has 120 heavy (non-hydrogen) atoms. The maximum absolute atomic E-state index is 13.1. The number of rotatable bonds is 36. The summed E-state index contributed by atoms with van der Waals surface area (Å²) in [5.74, 6) is 2.11. The highest BCUT2D eigenvalue weighted by Crippen LogP contribution is 2.32. The van der Waals surface area contributed by atoms with E-state index in [0.717, 1.165) is 100 Å². The number of aliphatic hydroxyl groups is 1. The molecule has 0 spiro atoms. The zero-order chi connectivity index (χ0) is 86.4. The summed E-state index contributed by atoms with van der Waals surface area (Å²) in [5, 5.41) is 25.2. The number of nitrogens with one attached hydrogen (secondary N) is 2. The Labute approximate surface area is 705 Å². The number of phenols is 1. The lowest BCUT2D eigenvalue weighted by atomic mass is 9.95. The summed E-state index contributed by atoms with van der Waals surface area (Å²) >= 11 is 1.71. The summed E-state index contributed by atoms with van der Waals surface area (Å²) in [6, 6.07) is 58.3. The third-order valence-corrected chi connectivity index (χ3v) is 23.1. The number of nitrogens with zero attached hydrogens (tertiary/aromatic N) is 8. The second kappa shape index (κ2) is 49.0. The molecule has 3 heterocycles. The van der Waals surface area contributed by atoms with Crippen LogP contribution in [0.4, 0.5) is 43.5 Å². The minimum atomic E-state index is -4.40. The van der Waals surface area contributed by atoms with Crippen molar-refractivity contribution in [2.45, 2.75) is 106 Å². The van der Waals surface area contributed by atoms with Gasteiger partial charge in [-0.2, -0.15) is 13.2 Å². The fraction of sp³-hybridized carbons (Fsp3) is 0.359. The van der Waals surface area contributed by atoms with E-state index in [1.807, 2.05) is 113 Å². The molecule has 20 nitrogen and oxygen atoms in total. The molecule has 0 aliphatic carbocycles. The molecule has 1 saturated heterocycles. The second-order valence-electron chi connectivity index (χ2n) is 29.0. The number of phenolic OH excluding ortho intramolecular Hbond substituents is 1. The number of pyridine rings is 1. The molecule has 4 N–H and O–H groups in total. The highest BCUT2D eigenvalue weighted by atomic mass is 32.2. The number of sulfone groups is 1. The van der Waals surface area contributed by atoms with Crippen LogP contribution in [0.2, 0.25) is 0 Å². The van der Waals surface area contributed by atoms with Crippen molar-refractivity contribution in [3.63, 3.8) is 0 Å². The molecule has 4 amide bonds. The van der Waals surface area contributed by atoms with Crippen LogP contribution in [0.5, 0.6) is 17.2 Å². The maximum Gasteiger partial charge on any atom is 0.417 e. The van der Waals surface area contributed by atoms with Crippen LogP contribution in [0.15, 0.2) is 228 Å². The number of halogens is 6. The molecule has 2 aliphatic rings. The SMILES string of the molecule is CN(Cc1ccccc1C1=CCNCC1)C(=O)CCCSc1ccc(O)cc1.CN(Cc1ccccc1N1CCN(c2ccc(C(F)(F)F)cn2)CC1)C(=O)CCCNCc1ccc(F)cc1.COc1ccccc1CN(C)C(=O)CCCN(CCO)c1ccc(F)cc1.COc1ccccc1CN(C)C(=O)CCCS(=O)(=O)c1ccc(F)cc1. The highest BCUT2D eigenvalue weighted by molar-refractivity contribution is 7.99. The average molecular weight is 1690 g/mol. The van der Waals surface area contributed by atoms with E-state index in [4.69, 9.17) is 9.47 Å². The van der Waals surface area contributed by atoms with Crippen molar-refractivity contribution in [2.24, 2.45) is 0 Å². The summed E-state index contributed by atoms with van der Waals surface area (Å²) < 4.78 is 113. The van der Waals surface area contributed by atoms with Gasteiger partial charge >= 0.3 is 6.18 Å². The zero-order valence-corrected chi connectivity index (χ0v) is 70.6. The number of alkyl halides is 3. The third kappa shape index (κ3) is 31.3. The van der Waals surface area contributed by atoms with Crippen molar-refractivity contribution in [1.29, 1.82) is 0 Å².